The van der Waals surface area contributed by atoms with Crippen LogP contribution in [0.3, 0.4) is 0 Å². The van der Waals surface area contributed by atoms with Gasteiger partial charge in [-0.1, -0.05) is 0 Å². The van der Waals surface area contributed by atoms with Gasteiger partial charge in [-0.2, -0.15) is 0 Å². The topological polar surface area (TPSA) is 72.4 Å². The summed E-state index contributed by atoms with van der Waals surface area (Å²) in [6, 6.07) is 0. The number of hydrogen-bond donors (Lipinski definition) is 2. The first-order valence-electron chi connectivity index (χ1n) is 9.49. The van der Waals surface area contributed by atoms with Crippen molar-refractivity contribution in [2.45, 2.75) is 13.8 Å². The van der Waals surface area contributed by atoms with Crippen LogP contribution in [0.25, 0.3) is 0 Å². The second kappa shape index (κ2) is 11.3. The average Bonchev–Trinajstić information content (AvgIpc) is 2.63. The van der Waals surface area contributed by atoms with Crippen molar-refractivity contribution in [2.24, 2.45) is 4.99 Å². The number of ether oxygens (including phenoxy) is 1. The monoisotopic (exact) mass is 354 g/mol. The zero-order chi connectivity index (χ0) is 17.9. The smallest absolute Gasteiger partial charge is 0.219 e. The number of carbonyl (C=O) groups excluding carboxylic acids is 1. The van der Waals surface area contributed by atoms with Crippen LogP contribution >= 0.6 is 0 Å². The largest absolute Gasteiger partial charge is 0.379 e. The van der Waals surface area contributed by atoms with Gasteiger partial charge in [0.05, 0.1) is 19.8 Å². The van der Waals surface area contributed by atoms with Crippen LogP contribution in [-0.2, 0) is 9.53 Å². The fourth-order valence-corrected chi connectivity index (χ4v) is 3.09. The summed E-state index contributed by atoms with van der Waals surface area (Å²) in [4.78, 5) is 22.7. The minimum atomic E-state index is 0.177. The third-order valence-corrected chi connectivity index (χ3v) is 4.67. The van der Waals surface area contributed by atoms with Crippen molar-refractivity contribution in [3.8, 4) is 0 Å². The molecule has 0 aromatic heterocycles. The van der Waals surface area contributed by atoms with Crippen molar-refractivity contribution >= 4 is 11.9 Å². The summed E-state index contributed by atoms with van der Waals surface area (Å²) in [7, 11) is 0. The van der Waals surface area contributed by atoms with Crippen LogP contribution in [-0.4, -0.2) is 112 Å². The maximum atomic E-state index is 11.4. The zero-order valence-corrected chi connectivity index (χ0v) is 15.8. The molecule has 0 unspecified atom stereocenters. The van der Waals surface area contributed by atoms with E-state index in [4.69, 9.17) is 4.74 Å². The molecule has 0 aliphatic carbocycles. The molecule has 2 fully saturated rings. The van der Waals surface area contributed by atoms with Crippen LogP contribution in [0.4, 0.5) is 0 Å². The van der Waals surface area contributed by atoms with E-state index in [2.05, 4.69) is 32.3 Å². The molecule has 2 saturated heterocycles. The molecule has 2 N–H and O–H groups in total. The van der Waals surface area contributed by atoms with Crippen LogP contribution in [0.1, 0.15) is 13.8 Å². The fraction of sp³-hybridized carbons (Fsp3) is 0.882. The Morgan fingerprint density at radius 1 is 1.00 bits per heavy atom. The maximum absolute atomic E-state index is 11.4. The lowest BCUT2D eigenvalue weighted by Gasteiger charge is -2.33. The van der Waals surface area contributed by atoms with Gasteiger partial charge in [-0.3, -0.25) is 19.6 Å². The number of amides is 1. The van der Waals surface area contributed by atoms with E-state index in [-0.39, 0.29) is 5.91 Å². The Hall–Kier alpha value is -1.38. The van der Waals surface area contributed by atoms with Crippen molar-refractivity contribution in [3.05, 3.63) is 0 Å². The van der Waals surface area contributed by atoms with Gasteiger partial charge in [0.15, 0.2) is 5.96 Å². The first kappa shape index (κ1) is 19.9. The third-order valence-electron chi connectivity index (χ3n) is 4.67. The molecule has 8 heteroatoms. The standard InChI is InChI=1S/C17H34N6O2/c1-3-18-17(20-5-7-22-12-14-25-15-13-22)19-4-6-21-8-10-23(11-9-21)16(2)24/h3-15H2,1-2H3,(H2,18,19,20). The molecule has 0 aromatic carbocycles. The van der Waals surface area contributed by atoms with Crippen molar-refractivity contribution in [2.75, 3.05) is 85.2 Å². The molecule has 144 valence electrons. The summed E-state index contributed by atoms with van der Waals surface area (Å²) < 4.78 is 5.37. The summed E-state index contributed by atoms with van der Waals surface area (Å²) in [5.41, 5.74) is 0. The second-order valence-corrected chi connectivity index (χ2v) is 6.49. The Labute approximate surface area is 151 Å². The van der Waals surface area contributed by atoms with E-state index in [0.717, 1.165) is 91.2 Å². The van der Waals surface area contributed by atoms with Gasteiger partial charge in [-0.25, -0.2) is 0 Å². The minimum absolute atomic E-state index is 0.177. The van der Waals surface area contributed by atoms with E-state index in [9.17, 15) is 4.79 Å². The van der Waals surface area contributed by atoms with Gasteiger partial charge in [0.25, 0.3) is 0 Å². The highest BCUT2D eigenvalue weighted by atomic mass is 16.5. The van der Waals surface area contributed by atoms with E-state index in [1.54, 1.807) is 6.92 Å². The van der Waals surface area contributed by atoms with E-state index < -0.39 is 0 Å². The van der Waals surface area contributed by atoms with E-state index in [1.807, 2.05) is 4.90 Å². The molecule has 2 aliphatic rings. The molecular weight excluding hydrogens is 320 g/mol. The van der Waals surface area contributed by atoms with Crippen molar-refractivity contribution < 1.29 is 9.53 Å². The number of hydrogen-bond acceptors (Lipinski definition) is 5. The molecule has 2 rings (SSSR count). The SMILES string of the molecule is CCNC(=NCCN1CCN(C(C)=O)CC1)NCCN1CCOCC1. The predicted molar refractivity (Wildman–Crippen MR) is 99.9 cm³/mol. The number of guanidine groups is 1. The number of aliphatic imine (C=N–C) groups is 1. The molecule has 0 aromatic rings. The lowest BCUT2D eigenvalue weighted by Crippen LogP contribution is -2.48. The Morgan fingerprint density at radius 2 is 1.68 bits per heavy atom. The molecule has 0 spiro atoms. The minimum Gasteiger partial charge on any atom is -0.379 e. The number of morpholine rings is 1. The molecule has 0 bridgehead atoms. The summed E-state index contributed by atoms with van der Waals surface area (Å²) in [6.07, 6.45) is 0. The van der Waals surface area contributed by atoms with Gasteiger partial charge in [0.2, 0.25) is 5.91 Å². The van der Waals surface area contributed by atoms with Crippen molar-refractivity contribution in [1.82, 2.24) is 25.3 Å². The van der Waals surface area contributed by atoms with E-state index >= 15 is 0 Å². The molecule has 25 heavy (non-hydrogen) atoms. The molecule has 2 heterocycles. The van der Waals surface area contributed by atoms with Gasteiger partial charge in [-0.05, 0) is 6.92 Å². The van der Waals surface area contributed by atoms with Crippen LogP contribution in [0.15, 0.2) is 4.99 Å². The summed E-state index contributed by atoms with van der Waals surface area (Å²) in [5, 5.41) is 6.72. The first-order chi connectivity index (χ1) is 12.2. The summed E-state index contributed by atoms with van der Waals surface area (Å²) in [5.74, 6) is 1.06. The van der Waals surface area contributed by atoms with Crippen LogP contribution in [0.2, 0.25) is 0 Å². The highest BCUT2D eigenvalue weighted by Gasteiger charge is 2.17. The number of carbonyl (C=O) groups is 1. The van der Waals surface area contributed by atoms with Crippen LogP contribution in [0, 0.1) is 0 Å². The summed E-state index contributed by atoms with van der Waals surface area (Å²) in [6.45, 7) is 15.5. The second-order valence-electron chi connectivity index (χ2n) is 6.49. The van der Waals surface area contributed by atoms with Gasteiger partial charge in [0, 0.05) is 72.4 Å². The van der Waals surface area contributed by atoms with Crippen LogP contribution < -0.4 is 10.6 Å². The quantitative estimate of drug-likeness (QED) is 0.453. The highest BCUT2D eigenvalue weighted by Crippen LogP contribution is 2.01. The lowest BCUT2D eigenvalue weighted by atomic mass is 10.3. The highest BCUT2D eigenvalue weighted by molar-refractivity contribution is 5.79. The third kappa shape index (κ3) is 7.58. The molecular formula is C17H34N6O2. The van der Waals surface area contributed by atoms with Crippen LogP contribution in [0.5, 0.6) is 0 Å². The fourth-order valence-electron chi connectivity index (χ4n) is 3.09. The van der Waals surface area contributed by atoms with Gasteiger partial charge in [-0.15, -0.1) is 0 Å². The number of nitrogens with one attached hydrogen (secondary N) is 2. The molecule has 0 atom stereocenters. The Kier molecular flexibility index (Phi) is 8.99. The number of nitrogens with zero attached hydrogens (tertiary/aromatic N) is 4. The molecule has 8 nitrogen and oxygen atoms in total. The molecule has 2 aliphatic heterocycles. The zero-order valence-electron chi connectivity index (χ0n) is 15.8. The van der Waals surface area contributed by atoms with E-state index in [0.29, 0.717) is 0 Å². The Bertz CT molecular complexity index is 417. The normalized spacial score (nSPS) is 20.6. The lowest BCUT2D eigenvalue weighted by molar-refractivity contribution is -0.130. The van der Waals surface area contributed by atoms with Crippen molar-refractivity contribution in [3.63, 3.8) is 0 Å². The Morgan fingerprint density at radius 3 is 2.32 bits per heavy atom. The molecule has 1 amide bonds. The van der Waals surface area contributed by atoms with Crippen molar-refractivity contribution in [1.29, 1.82) is 0 Å². The maximum Gasteiger partial charge on any atom is 0.219 e. The van der Waals surface area contributed by atoms with Gasteiger partial charge in [0.1, 0.15) is 0 Å². The average molecular weight is 354 g/mol. The molecule has 0 radical (unpaired) electrons. The van der Waals surface area contributed by atoms with Gasteiger partial charge < -0.3 is 20.3 Å². The number of rotatable bonds is 7. The summed E-state index contributed by atoms with van der Waals surface area (Å²) >= 11 is 0. The first-order valence-corrected chi connectivity index (χ1v) is 9.49. The Balaban J connectivity index is 1.64. The molecule has 0 saturated carbocycles. The number of piperazine rings is 1. The predicted octanol–water partition coefficient (Wildman–Crippen LogP) is -0.962. The van der Waals surface area contributed by atoms with Gasteiger partial charge >= 0.3 is 0 Å². The van der Waals surface area contributed by atoms with E-state index in [1.165, 1.54) is 0 Å².